The van der Waals surface area contributed by atoms with Crippen LogP contribution in [0.5, 0.6) is 5.75 Å². The molecule has 1 rings (SSSR count). The van der Waals surface area contributed by atoms with Gasteiger partial charge in [0.1, 0.15) is 0 Å². The molecule has 0 aliphatic heterocycles. The van der Waals surface area contributed by atoms with Crippen LogP contribution in [0.4, 0.5) is 0 Å². The molecule has 0 aromatic carbocycles. The van der Waals surface area contributed by atoms with E-state index in [0.29, 0.717) is 0 Å². The van der Waals surface area contributed by atoms with Crippen molar-refractivity contribution >= 4 is 28.4 Å². The predicted octanol–water partition coefficient (Wildman–Crippen LogP) is -3.99. The minimum absolute atomic E-state index is 0.0598. The van der Waals surface area contributed by atoms with E-state index in [1.54, 1.807) is 0 Å². The molecule has 0 fully saturated rings. The summed E-state index contributed by atoms with van der Waals surface area (Å²) in [5.41, 5.74) is -0.503. The zero-order valence-corrected chi connectivity index (χ0v) is 7.27. The molecule has 0 amide bonds. The quantitative estimate of drug-likeness (QED) is 0.327. The van der Waals surface area contributed by atoms with Crippen LogP contribution in [0.15, 0.2) is 11.1 Å². The number of aromatic nitrogens is 2. The van der Waals surface area contributed by atoms with Crippen molar-refractivity contribution in [2.45, 2.75) is 0 Å². The van der Waals surface area contributed by atoms with Crippen LogP contribution in [0, 0.1) is 0 Å². The van der Waals surface area contributed by atoms with Crippen LogP contribution in [0.25, 0.3) is 0 Å². The molecule has 3 N–H and O–H groups in total. The van der Waals surface area contributed by atoms with E-state index in [1.165, 1.54) is 0 Å². The van der Waals surface area contributed by atoms with Crippen LogP contribution in [-0.2, 0) is 9.14 Å². The molecule has 7 nitrogen and oxygen atoms in total. The molecular formula is C4H7B3N2O5. The fourth-order valence-electron chi connectivity index (χ4n) is 0.770. The van der Waals surface area contributed by atoms with Gasteiger partial charge in [-0.1, -0.05) is 0 Å². The number of nitrogens with zero attached hydrogens (tertiary/aromatic N) is 1. The standard InChI is InChI=1S/C4H7B3N2O5/c10-2-3(5-13-7-14-6-12)8-1-9-4(2)11/h1,5-7,10,12H,(H,8,9,11). The van der Waals surface area contributed by atoms with Crippen LogP contribution in [-0.4, -0.2) is 43.0 Å². The third-order valence-electron chi connectivity index (χ3n) is 1.40. The second-order valence-corrected chi connectivity index (χ2v) is 2.33. The Kier molecular flexibility index (Phi) is 4.24. The highest BCUT2D eigenvalue weighted by atomic mass is 16.6. The number of rotatable bonds is 5. The summed E-state index contributed by atoms with van der Waals surface area (Å²) >= 11 is 0. The number of hydrogen-bond donors (Lipinski definition) is 3. The summed E-state index contributed by atoms with van der Waals surface area (Å²) < 4.78 is 9.30. The molecule has 0 radical (unpaired) electrons. The molecule has 0 unspecified atom stereocenters. The molecule has 72 valence electrons. The van der Waals surface area contributed by atoms with Crippen LogP contribution in [0.3, 0.4) is 0 Å². The minimum atomic E-state index is -0.623. The predicted molar refractivity (Wildman–Crippen MR) is 52.0 cm³/mol. The van der Waals surface area contributed by atoms with E-state index in [9.17, 15) is 9.90 Å². The third kappa shape index (κ3) is 2.91. The van der Waals surface area contributed by atoms with E-state index in [-0.39, 0.29) is 20.8 Å². The van der Waals surface area contributed by atoms with Gasteiger partial charge in [0.25, 0.3) is 5.56 Å². The van der Waals surface area contributed by atoms with Gasteiger partial charge in [-0.3, -0.25) is 4.79 Å². The Morgan fingerprint density at radius 3 is 3.00 bits per heavy atom. The Hall–Kier alpha value is -1.25. The Labute approximate surface area is 81.0 Å². The van der Waals surface area contributed by atoms with Crippen LogP contribution >= 0.6 is 0 Å². The summed E-state index contributed by atoms with van der Waals surface area (Å²) in [5, 5.41) is 17.4. The summed E-state index contributed by atoms with van der Waals surface area (Å²) in [6, 6.07) is 0. The van der Waals surface area contributed by atoms with Crippen molar-refractivity contribution in [2.75, 3.05) is 0 Å². The van der Waals surface area contributed by atoms with Gasteiger partial charge in [0.2, 0.25) is 0 Å². The lowest BCUT2D eigenvalue weighted by Crippen LogP contribution is -2.29. The molecule has 0 bridgehead atoms. The summed E-state index contributed by atoms with van der Waals surface area (Å²) in [5.74, 6) is -0.475. The lowest BCUT2D eigenvalue weighted by molar-refractivity contribution is 0.421. The van der Waals surface area contributed by atoms with Gasteiger partial charge in [-0.05, 0) is 0 Å². The Bertz CT molecular complexity index is 344. The van der Waals surface area contributed by atoms with Gasteiger partial charge >= 0.3 is 22.9 Å². The van der Waals surface area contributed by atoms with Gasteiger partial charge in [-0.2, -0.15) is 0 Å². The van der Waals surface area contributed by atoms with Crippen molar-refractivity contribution in [3.8, 4) is 5.75 Å². The summed E-state index contributed by atoms with van der Waals surface area (Å²) in [7, 11) is -0.644. The number of nitrogens with one attached hydrogen (secondary N) is 1. The summed E-state index contributed by atoms with van der Waals surface area (Å²) in [6.45, 7) is 0. The number of aromatic amines is 1. The first-order valence-corrected chi connectivity index (χ1v) is 3.77. The highest BCUT2D eigenvalue weighted by Gasteiger charge is 2.08. The lowest BCUT2D eigenvalue weighted by atomic mass is 9.92. The fourth-order valence-corrected chi connectivity index (χ4v) is 0.770. The van der Waals surface area contributed by atoms with Crippen molar-refractivity contribution in [1.29, 1.82) is 0 Å². The molecule has 0 aliphatic carbocycles. The first kappa shape index (κ1) is 10.8. The highest BCUT2D eigenvalue weighted by Crippen LogP contribution is 1.88. The van der Waals surface area contributed by atoms with Gasteiger partial charge in [-0.25, -0.2) is 4.98 Å². The maximum Gasteiger partial charge on any atom is 0.421 e. The molecule has 0 spiro atoms. The molecular weight excluding hydrogens is 188 g/mol. The zero-order valence-electron chi connectivity index (χ0n) is 7.27. The number of aromatic hydroxyl groups is 1. The normalized spacial score (nSPS) is 9.50. The zero-order chi connectivity index (χ0) is 10.4. The van der Waals surface area contributed by atoms with Gasteiger partial charge in [0.15, 0.2) is 5.75 Å². The maximum atomic E-state index is 10.9. The largest absolute Gasteiger partial charge is 0.502 e. The Balaban J connectivity index is 2.51. The van der Waals surface area contributed by atoms with Gasteiger partial charge < -0.3 is 24.3 Å². The van der Waals surface area contributed by atoms with E-state index >= 15 is 0 Å². The van der Waals surface area contributed by atoms with Gasteiger partial charge in [-0.15, -0.1) is 0 Å². The fraction of sp³-hybridized carbons (Fsp3) is 0. The van der Waals surface area contributed by atoms with E-state index in [2.05, 4.69) is 14.5 Å². The monoisotopic (exact) mass is 196 g/mol. The van der Waals surface area contributed by atoms with E-state index in [0.717, 1.165) is 6.33 Å². The number of H-pyrrole nitrogens is 1. The highest BCUT2D eigenvalue weighted by molar-refractivity contribution is 6.53. The Morgan fingerprint density at radius 2 is 2.29 bits per heavy atom. The molecule has 0 aliphatic rings. The molecule has 0 atom stereocenters. The van der Waals surface area contributed by atoms with Gasteiger partial charge in [0, 0.05) is 0 Å². The van der Waals surface area contributed by atoms with Gasteiger partial charge in [0.05, 0.1) is 11.9 Å². The Morgan fingerprint density at radius 1 is 1.50 bits per heavy atom. The molecule has 0 saturated heterocycles. The van der Waals surface area contributed by atoms with Crippen molar-refractivity contribution < 1.29 is 19.3 Å². The smallest absolute Gasteiger partial charge is 0.421 e. The maximum absolute atomic E-state index is 10.9. The SMILES string of the molecule is O=c1[nH]cnc(BOBOBO)c1O. The molecule has 0 saturated carbocycles. The molecule has 1 heterocycles. The van der Waals surface area contributed by atoms with Crippen LogP contribution in [0.1, 0.15) is 0 Å². The lowest BCUT2D eigenvalue weighted by Gasteiger charge is -2.01. The molecule has 1 aromatic heterocycles. The topological polar surface area (TPSA) is 105 Å². The second-order valence-electron chi connectivity index (χ2n) is 2.33. The average molecular weight is 196 g/mol. The summed E-state index contributed by atoms with van der Waals surface area (Å²) in [6.07, 6.45) is 1.16. The minimum Gasteiger partial charge on any atom is -0.502 e. The summed E-state index contributed by atoms with van der Waals surface area (Å²) in [4.78, 5) is 16.7. The molecule has 1 aromatic rings. The first-order chi connectivity index (χ1) is 6.75. The van der Waals surface area contributed by atoms with E-state index in [4.69, 9.17) is 9.60 Å². The third-order valence-corrected chi connectivity index (χ3v) is 1.40. The molecule has 10 heteroatoms. The van der Waals surface area contributed by atoms with Crippen LogP contribution < -0.4 is 11.2 Å². The van der Waals surface area contributed by atoms with Crippen molar-refractivity contribution in [3.05, 3.63) is 16.7 Å². The van der Waals surface area contributed by atoms with E-state index < -0.39 is 19.0 Å². The number of hydrogen-bond acceptors (Lipinski definition) is 6. The second kappa shape index (κ2) is 5.48. The van der Waals surface area contributed by atoms with Crippen molar-refractivity contribution in [3.63, 3.8) is 0 Å². The van der Waals surface area contributed by atoms with E-state index in [1.807, 2.05) is 0 Å². The molecule has 14 heavy (non-hydrogen) atoms. The first-order valence-electron chi connectivity index (χ1n) is 3.77. The average Bonchev–Trinajstić information content (AvgIpc) is 2.19. The van der Waals surface area contributed by atoms with Crippen LogP contribution in [0.2, 0.25) is 0 Å². The van der Waals surface area contributed by atoms with Crippen molar-refractivity contribution in [1.82, 2.24) is 9.97 Å². The van der Waals surface area contributed by atoms with Crippen molar-refractivity contribution in [2.24, 2.45) is 0 Å².